The highest BCUT2D eigenvalue weighted by atomic mass is 32.1. The van der Waals surface area contributed by atoms with Crippen molar-refractivity contribution in [2.45, 2.75) is 93.9 Å². The number of ether oxygens (including phenoxy) is 4. The summed E-state index contributed by atoms with van der Waals surface area (Å²) in [5.74, 6) is -0.732. The van der Waals surface area contributed by atoms with Crippen LogP contribution in [-0.4, -0.2) is 134 Å². The molecule has 0 aromatic heterocycles. The molecule has 5 heterocycles. The second-order valence-electron chi connectivity index (χ2n) is 12.2. The van der Waals surface area contributed by atoms with Gasteiger partial charge in [-0.2, -0.15) is 13.2 Å². The fraction of sp³-hybridized carbons (Fsp3) is 1.00. The Labute approximate surface area is 233 Å². The predicted molar refractivity (Wildman–Crippen MR) is 138 cm³/mol. The van der Waals surface area contributed by atoms with E-state index < -0.39 is 35.8 Å². The normalized spacial score (nSPS) is 46.8. The van der Waals surface area contributed by atoms with Gasteiger partial charge in [0.25, 0.3) is 0 Å². The molecule has 5 aliphatic heterocycles. The predicted octanol–water partition coefficient (Wildman–Crippen LogP) is -0.0620. The molecule has 0 aromatic rings. The minimum atomic E-state index is -4.39. The average molecular weight is 585 g/mol. The molecule has 39 heavy (non-hydrogen) atoms. The minimum absolute atomic E-state index is 0.0775. The summed E-state index contributed by atoms with van der Waals surface area (Å²) >= 11 is 4.36. The van der Waals surface area contributed by atoms with Crippen LogP contribution in [0, 0.1) is 11.3 Å². The molecule has 11 nitrogen and oxygen atoms in total. The Morgan fingerprint density at radius 2 is 1.92 bits per heavy atom. The summed E-state index contributed by atoms with van der Waals surface area (Å²) in [4.78, 5) is 6.46. The first kappa shape index (κ1) is 30.2. The van der Waals surface area contributed by atoms with Crippen LogP contribution in [0.2, 0.25) is 0 Å². The standard InChI is InChI=1S/C24H43F3N6O5S/c1-12(39)35-14-7-16(36-15(14)10-34)33-9-13(8-28-19-18(38-19)24(25,26)27)22(2)17-20(37-17)29-23(3,30-21(22)33)32(6)11-31(4)5/h12-21,28-30,34,39H,7-11H2,1-6H3. The molecule has 5 fully saturated rings. The van der Waals surface area contributed by atoms with Gasteiger partial charge in [0, 0.05) is 24.9 Å². The molecule has 0 spiro atoms. The quantitative estimate of drug-likeness (QED) is 0.135. The van der Waals surface area contributed by atoms with Gasteiger partial charge in [0.15, 0.2) is 6.10 Å². The van der Waals surface area contributed by atoms with Gasteiger partial charge in [0.1, 0.15) is 36.7 Å². The molecule has 0 bridgehead atoms. The third-order valence-corrected chi connectivity index (χ3v) is 9.04. The number of aliphatic hydroxyl groups is 1. The molecule has 15 heteroatoms. The zero-order chi connectivity index (χ0) is 28.5. The summed E-state index contributed by atoms with van der Waals surface area (Å²) in [7, 11) is 6.02. The summed E-state index contributed by atoms with van der Waals surface area (Å²) in [5.41, 5.74) is -0.797. The molecule has 0 saturated carbocycles. The summed E-state index contributed by atoms with van der Waals surface area (Å²) in [6.07, 6.45) is -8.50. The van der Waals surface area contributed by atoms with Crippen LogP contribution >= 0.6 is 12.6 Å². The van der Waals surface area contributed by atoms with Gasteiger partial charge in [-0.15, -0.1) is 12.6 Å². The molecule has 0 amide bonds. The van der Waals surface area contributed by atoms with Crippen LogP contribution in [0.5, 0.6) is 0 Å². The Balaban J connectivity index is 1.40. The number of fused-ring (bicyclic) bond motifs is 3. The van der Waals surface area contributed by atoms with E-state index in [0.717, 1.165) is 0 Å². The third-order valence-electron chi connectivity index (χ3n) is 8.92. The van der Waals surface area contributed by atoms with Crippen LogP contribution in [0.3, 0.4) is 0 Å². The van der Waals surface area contributed by atoms with E-state index in [2.05, 4.69) is 57.1 Å². The van der Waals surface area contributed by atoms with Crippen molar-refractivity contribution in [3.8, 4) is 0 Å². The van der Waals surface area contributed by atoms with Gasteiger partial charge in [-0.1, -0.05) is 6.92 Å². The molecule has 4 N–H and O–H groups in total. The Hall–Kier alpha value is -0.300. The Morgan fingerprint density at radius 1 is 1.21 bits per heavy atom. The smallest absolute Gasteiger partial charge is 0.394 e. The van der Waals surface area contributed by atoms with E-state index in [1.807, 2.05) is 28.1 Å². The van der Waals surface area contributed by atoms with Crippen molar-refractivity contribution in [2.75, 3.05) is 47.5 Å². The highest BCUT2D eigenvalue weighted by Gasteiger charge is 2.69. The van der Waals surface area contributed by atoms with Crippen molar-refractivity contribution in [2.24, 2.45) is 11.3 Å². The maximum atomic E-state index is 13.1. The third kappa shape index (κ3) is 5.84. The van der Waals surface area contributed by atoms with Crippen LogP contribution < -0.4 is 16.0 Å². The lowest BCUT2D eigenvalue weighted by Crippen LogP contribution is -2.70. The SMILES string of the molecule is CC(S)OC1CC(N2CC(CNC3OC3C(F)(F)F)C3(C)C4OC4NC(C)(N(C)CN(C)C)NC23)OC1CO. The summed E-state index contributed by atoms with van der Waals surface area (Å²) < 4.78 is 62.7. The Bertz CT molecular complexity index is 894. The maximum Gasteiger partial charge on any atom is 0.418 e. The van der Waals surface area contributed by atoms with Gasteiger partial charge in [0.2, 0.25) is 0 Å². The van der Waals surface area contributed by atoms with Gasteiger partial charge >= 0.3 is 6.18 Å². The molecular weight excluding hydrogens is 541 g/mol. The topological polar surface area (TPSA) is 110 Å². The lowest BCUT2D eigenvalue weighted by atomic mass is 9.74. The van der Waals surface area contributed by atoms with E-state index in [1.54, 1.807) is 0 Å². The number of thiol groups is 1. The first-order valence-corrected chi connectivity index (χ1v) is 14.1. The van der Waals surface area contributed by atoms with Gasteiger partial charge < -0.3 is 24.1 Å². The molecule has 12 unspecified atom stereocenters. The number of nitrogens with one attached hydrogen (secondary N) is 3. The average Bonchev–Trinajstić information content (AvgIpc) is 3.71. The molecule has 5 aliphatic rings. The van der Waals surface area contributed by atoms with Crippen LogP contribution in [-0.2, 0) is 18.9 Å². The van der Waals surface area contributed by atoms with E-state index >= 15 is 0 Å². The molecule has 0 aromatic carbocycles. The Morgan fingerprint density at radius 3 is 2.51 bits per heavy atom. The fourth-order valence-electron chi connectivity index (χ4n) is 6.64. The van der Waals surface area contributed by atoms with E-state index in [0.29, 0.717) is 26.2 Å². The number of likely N-dealkylation sites (tertiary alicyclic amines) is 1. The van der Waals surface area contributed by atoms with Crippen molar-refractivity contribution >= 4 is 12.6 Å². The second kappa shape index (κ2) is 10.8. The zero-order valence-electron chi connectivity index (χ0n) is 23.3. The number of rotatable bonds is 10. The molecule has 5 saturated heterocycles. The number of aliphatic hydroxyl groups excluding tert-OH is 1. The van der Waals surface area contributed by atoms with Gasteiger partial charge in [-0.05, 0) is 40.9 Å². The maximum absolute atomic E-state index is 13.1. The van der Waals surface area contributed by atoms with Crippen LogP contribution in [0.25, 0.3) is 0 Å². The first-order valence-electron chi connectivity index (χ1n) is 13.6. The van der Waals surface area contributed by atoms with Crippen molar-refractivity contribution < 1.29 is 37.2 Å². The van der Waals surface area contributed by atoms with Crippen molar-refractivity contribution in [1.29, 1.82) is 0 Å². The fourth-order valence-corrected chi connectivity index (χ4v) is 6.79. The number of alkyl halides is 3. The monoisotopic (exact) mass is 584 g/mol. The van der Waals surface area contributed by atoms with Crippen molar-refractivity contribution in [1.82, 2.24) is 30.7 Å². The first-order chi connectivity index (χ1) is 18.2. The largest absolute Gasteiger partial charge is 0.418 e. The number of epoxide rings is 2. The van der Waals surface area contributed by atoms with Gasteiger partial charge in [0.05, 0.1) is 31.0 Å². The molecule has 12 atom stereocenters. The molecule has 0 aliphatic carbocycles. The number of halogens is 3. The van der Waals surface area contributed by atoms with Gasteiger partial charge in [-0.3, -0.25) is 30.7 Å². The Kier molecular flexibility index (Phi) is 8.32. The summed E-state index contributed by atoms with van der Waals surface area (Å²) in [6.45, 7) is 7.38. The van der Waals surface area contributed by atoms with Crippen LogP contribution in [0.15, 0.2) is 0 Å². The van der Waals surface area contributed by atoms with Crippen molar-refractivity contribution in [3.63, 3.8) is 0 Å². The number of hydrogen-bond acceptors (Lipinski definition) is 12. The number of hydrogen-bond donors (Lipinski definition) is 5. The van der Waals surface area contributed by atoms with E-state index in [4.69, 9.17) is 18.9 Å². The van der Waals surface area contributed by atoms with E-state index in [-0.39, 0.29) is 48.8 Å². The van der Waals surface area contributed by atoms with Crippen molar-refractivity contribution in [3.05, 3.63) is 0 Å². The number of nitrogens with zero attached hydrogens (tertiary/aromatic N) is 3. The zero-order valence-corrected chi connectivity index (χ0v) is 24.2. The van der Waals surface area contributed by atoms with E-state index in [1.165, 1.54) is 0 Å². The lowest BCUT2D eigenvalue weighted by Gasteiger charge is -2.46. The van der Waals surface area contributed by atoms with E-state index in [9.17, 15) is 18.3 Å². The second-order valence-corrected chi connectivity index (χ2v) is 12.9. The minimum Gasteiger partial charge on any atom is -0.394 e. The van der Waals surface area contributed by atoms with Crippen LogP contribution in [0.1, 0.15) is 27.2 Å². The summed E-state index contributed by atoms with van der Waals surface area (Å²) in [6, 6.07) is 0. The highest BCUT2D eigenvalue weighted by Crippen LogP contribution is 2.54. The molecule has 0 radical (unpaired) electrons. The molecule has 5 rings (SSSR count). The lowest BCUT2D eigenvalue weighted by molar-refractivity contribution is -0.146. The molecule has 226 valence electrons. The summed E-state index contributed by atoms with van der Waals surface area (Å²) in [5, 5.41) is 20.5. The van der Waals surface area contributed by atoms with Gasteiger partial charge in [-0.25, -0.2) is 0 Å². The van der Waals surface area contributed by atoms with Crippen LogP contribution in [0.4, 0.5) is 13.2 Å². The highest BCUT2D eigenvalue weighted by molar-refractivity contribution is 7.80. The molecular formula is C24H43F3N6O5S.